The van der Waals surface area contributed by atoms with E-state index in [-0.39, 0.29) is 0 Å². The van der Waals surface area contributed by atoms with E-state index >= 15 is 0 Å². The van der Waals surface area contributed by atoms with Gasteiger partial charge in [-0.25, -0.2) is 0 Å². The summed E-state index contributed by atoms with van der Waals surface area (Å²) in [5, 5.41) is 19.2. The zero-order valence-corrected chi connectivity index (χ0v) is 11.2. The lowest BCUT2D eigenvalue weighted by Gasteiger charge is -2.04. The van der Waals surface area contributed by atoms with Crippen LogP contribution in [0.25, 0.3) is 10.8 Å². The summed E-state index contributed by atoms with van der Waals surface area (Å²) < 4.78 is 0. The van der Waals surface area contributed by atoms with Crippen molar-refractivity contribution < 1.29 is 0 Å². The number of benzene rings is 3. The van der Waals surface area contributed by atoms with Gasteiger partial charge in [-0.1, -0.05) is 24.3 Å². The molecule has 0 aliphatic heterocycles. The van der Waals surface area contributed by atoms with Gasteiger partial charge < -0.3 is 5.73 Å². The monoisotopic (exact) mass is 272 g/mol. The van der Waals surface area contributed by atoms with Crippen LogP contribution in [0.15, 0.2) is 70.9 Å². The molecule has 3 aromatic carbocycles. The number of fused-ring (bicyclic) bond motifs is 1. The quantitative estimate of drug-likeness (QED) is 0.542. The Bertz CT molecular complexity index is 858. The smallest absolute Gasteiger partial charge is 0.0991 e. The molecule has 0 aliphatic carbocycles. The number of rotatable bonds is 2. The number of hydrogen-bond acceptors (Lipinski definition) is 4. The largest absolute Gasteiger partial charge is 0.398 e. The Hall–Kier alpha value is -3.19. The third-order valence-corrected chi connectivity index (χ3v) is 3.20. The van der Waals surface area contributed by atoms with Crippen molar-refractivity contribution in [2.45, 2.75) is 0 Å². The summed E-state index contributed by atoms with van der Waals surface area (Å²) in [4.78, 5) is 0. The van der Waals surface area contributed by atoms with Gasteiger partial charge in [0.25, 0.3) is 0 Å². The number of azo groups is 1. The van der Waals surface area contributed by atoms with E-state index in [1.54, 1.807) is 24.3 Å². The van der Waals surface area contributed by atoms with Gasteiger partial charge in [0.2, 0.25) is 0 Å². The minimum Gasteiger partial charge on any atom is -0.398 e. The minimum absolute atomic E-state index is 0.604. The van der Waals surface area contributed by atoms with Crippen molar-refractivity contribution in [1.29, 1.82) is 5.26 Å². The maximum atomic E-state index is 8.76. The zero-order valence-electron chi connectivity index (χ0n) is 11.2. The van der Waals surface area contributed by atoms with Gasteiger partial charge in [-0.2, -0.15) is 10.4 Å². The van der Waals surface area contributed by atoms with Gasteiger partial charge in [0, 0.05) is 16.5 Å². The van der Waals surface area contributed by atoms with E-state index < -0.39 is 0 Å². The molecule has 0 fully saturated rings. The van der Waals surface area contributed by atoms with Gasteiger partial charge in [0.15, 0.2) is 0 Å². The molecule has 0 amide bonds. The van der Waals surface area contributed by atoms with Gasteiger partial charge in [-0.05, 0) is 36.4 Å². The van der Waals surface area contributed by atoms with Crippen LogP contribution in [0.5, 0.6) is 0 Å². The van der Waals surface area contributed by atoms with E-state index in [0.717, 1.165) is 22.1 Å². The average molecular weight is 272 g/mol. The first-order valence-electron chi connectivity index (χ1n) is 6.47. The molecule has 100 valence electrons. The third kappa shape index (κ3) is 2.58. The van der Waals surface area contributed by atoms with Crippen molar-refractivity contribution in [2.24, 2.45) is 10.2 Å². The molecular formula is C17H12N4. The van der Waals surface area contributed by atoms with Crippen LogP contribution in [-0.4, -0.2) is 0 Å². The Morgan fingerprint density at radius 1 is 0.810 bits per heavy atom. The maximum absolute atomic E-state index is 8.76. The standard InChI is InChI=1S/C17H12N4/c18-11-12-5-7-13(8-6-12)20-21-17-10-9-16(19)14-3-1-2-4-15(14)17/h1-10H,19H2. The summed E-state index contributed by atoms with van der Waals surface area (Å²) in [7, 11) is 0. The number of nitrogens with zero attached hydrogens (tertiary/aromatic N) is 3. The molecule has 0 atom stereocenters. The van der Waals surface area contributed by atoms with E-state index in [1.165, 1.54) is 0 Å². The molecule has 0 unspecified atom stereocenters. The second-order valence-corrected chi connectivity index (χ2v) is 4.58. The van der Waals surface area contributed by atoms with Crippen LogP contribution in [0.4, 0.5) is 17.1 Å². The number of nitriles is 1. The highest BCUT2D eigenvalue weighted by Gasteiger charge is 2.02. The fraction of sp³-hybridized carbons (Fsp3) is 0. The van der Waals surface area contributed by atoms with Crippen LogP contribution in [-0.2, 0) is 0 Å². The molecule has 4 nitrogen and oxygen atoms in total. The highest BCUT2D eigenvalue weighted by atomic mass is 15.1. The third-order valence-electron chi connectivity index (χ3n) is 3.20. The van der Waals surface area contributed by atoms with Crippen LogP contribution in [0.3, 0.4) is 0 Å². The normalized spacial score (nSPS) is 10.8. The number of anilines is 1. The van der Waals surface area contributed by atoms with Crippen molar-refractivity contribution in [3.8, 4) is 6.07 Å². The fourth-order valence-electron chi connectivity index (χ4n) is 2.11. The topological polar surface area (TPSA) is 74.5 Å². The van der Waals surface area contributed by atoms with E-state index in [4.69, 9.17) is 11.0 Å². The van der Waals surface area contributed by atoms with Gasteiger partial charge in [-0.3, -0.25) is 0 Å². The molecule has 21 heavy (non-hydrogen) atoms. The van der Waals surface area contributed by atoms with Crippen LogP contribution in [0.1, 0.15) is 5.56 Å². The van der Waals surface area contributed by atoms with Crippen LogP contribution >= 0.6 is 0 Å². The van der Waals surface area contributed by atoms with Crippen molar-refractivity contribution >= 4 is 27.8 Å². The predicted molar refractivity (Wildman–Crippen MR) is 83.7 cm³/mol. The Labute approximate surface area is 122 Å². The molecule has 0 bridgehead atoms. The molecule has 0 spiro atoms. The Morgan fingerprint density at radius 2 is 1.52 bits per heavy atom. The first-order valence-corrected chi connectivity index (χ1v) is 6.47. The lowest BCUT2D eigenvalue weighted by atomic mass is 10.1. The molecular weight excluding hydrogens is 260 g/mol. The van der Waals surface area contributed by atoms with E-state index in [0.29, 0.717) is 11.3 Å². The van der Waals surface area contributed by atoms with Crippen LogP contribution in [0, 0.1) is 11.3 Å². The Morgan fingerprint density at radius 3 is 2.24 bits per heavy atom. The van der Waals surface area contributed by atoms with Crippen molar-refractivity contribution in [1.82, 2.24) is 0 Å². The molecule has 0 saturated carbocycles. The van der Waals surface area contributed by atoms with E-state index in [2.05, 4.69) is 16.3 Å². The number of nitrogen functional groups attached to an aromatic ring is 1. The summed E-state index contributed by atoms with van der Waals surface area (Å²) in [5.74, 6) is 0. The predicted octanol–water partition coefficient (Wildman–Crippen LogP) is 4.71. The zero-order chi connectivity index (χ0) is 14.7. The van der Waals surface area contributed by atoms with Gasteiger partial charge in [0.05, 0.1) is 23.0 Å². The maximum Gasteiger partial charge on any atom is 0.0991 e. The molecule has 2 N–H and O–H groups in total. The van der Waals surface area contributed by atoms with Crippen LogP contribution in [0.2, 0.25) is 0 Å². The summed E-state index contributed by atoms with van der Waals surface area (Å²) in [5.41, 5.74) is 8.76. The molecule has 3 aromatic rings. The molecule has 4 heteroatoms. The highest BCUT2D eigenvalue weighted by molar-refractivity contribution is 5.99. The summed E-state index contributed by atoms with van der Waals surface area (Å²) in [6, 6.07) is 20.5. The van der Waals surface area contributed by atoms with Crippen LogP contribution < -0.4 is 5.73 Å². The SMILES string of the molecule is N#Cc1ccc(N=Nc2ccc(N)c3ccccc23)cc1. The first kappa shape index (κ1) is 12.8. The lowest BCUT2D eigenvalue weighted by molar-refractivity contribution is 1.24. The average Bonchev–Trinajstić information content (AvgIpc) is 2.55. The second-order valence-electron chi connectivity index (χ2n) is 4.58. The van der Waals surface area contributed by atoms with Crippen molar-refractivity contribution in [2.75, 3.05) is 5.73 Å². The first-order chi connectivity index (χ1) is 10.3. The van der Waals surface area contributed by atoms with Crippen molar-refractivity contribution in [3.05, 3.63) is 66.2 Å². The lowest BCUT2D eigenvalue weighted by Crippen LogP contribution is -1.86. The molecule has 0 saturated heterocycles. The second kappa shape index (κ2) is 5.43. The summed E-state index contributed by atoms with van der Waals surface area (Å²) in [6.07, 6.45) is 0. The fourth-order valence-corrected chi connectivity index (χ4v) is 2.11. The van der Waals surface area contributed by atoms with Gasteiger partial charge >= 0.3 is 0 Å². The van der Waals surface area contributed by atoms with E-state index in [9.17, 15) is 0 Å². The van der Waals surface area contributed by atoms with E-state index in [1.807, 2.05) is 36.4 Å². The highest BCUT2D eigenvalue weighted by Crippen LogP contribution is 2.31. The summed E-state index contributed by atoms with van der Waals surface area (Å²) in [6.45, 7) is 0. The molecule has 3 rings (SSSR count). The molecule has 0 aromatic heterocycles. The van der Waals surface area contributed by atoms with Gasteiger partial charge in [0.1, 0.15) is 0 Å². The van der Waals surface area contributed by atoms with Gasteiger partial charge in [-0.15, -0.1) is 5.11 Å². The molecule has 0 aliphatic rings. The number of hydrogen-bond donors (Lipinski definition) is 1. The van der Waals surface area contributed by atoms with Crippen molar-refractivity contribution in [3.63, 3.8) is 0 Å². The Balaban J connectivity index is 1.99. The molecule has 0 heterocycles. The Kier molecular flexibility index (Phi) is 3.32. The summed E-state index contributed by atoms with van der Waals surface area (Å²) >= 11 is 0. The minimum atomic E-state index is 0.604. The number of nitrogens with two attached hydrogens (primary N) is 1. The molecule has 0 radical (unpaired) electrons.